The summed E-state index contributed by atoms with van der Waals surface area (Å²) in [6.07, 6.45) is 0.921. The van der Waals surface area contributed by atoms with Crippen LogP contribution in [0.2, 0.25) is 0 Å². The molecule has 0 radical (unpaired) electrons. The van der Waals surface area contributed by atoms with Gasteiger partial charge in [0.25, 0.3) is 0 Å². The van der Waals surface area contributed by atoms with Crippen LogP contribution in [0.1, 0.15) is 16.7 Å². The fraction of sp³-hybridized carbons (Fsp3) is 0.538. The molecule has 0 bridgehead atoms. The minimum absolute atomic E-state index is 0.185. The summed E-state index contributed by atoms with van der Waals surface area (Å²) in [5.41, 5.74) is 3.76. The van der Waals surface area contributed by atoms with Gasteiger partial charge in [-0.25, -0.2) is 0 Å². The third-order valence-electron chi connectivity index (χ3n) is 2.76. The Morgan fingerprint density at radius 3 is 2.50 bits per heavy atom. The Bertz CT molecular complexity index is 337. The maximum absolute atomic E-state index is 8.66. The van der Waals surface area contributed by atoms with Crippen molar-refractivity contribution in [2.75, 3.05) is 26.8 Å². The van der Waals surface area contributed by atoms with Gasteiger partial charge in [0.1, 0.15) is 5.75 Å². The van der Waals surface area contributed by atoms with Crippen LogP contribution in [0.5, 0.6) is 5.75 Å². The van der Waals surface area contributed by atoms with E-state index in [0.29, 0.717) is 6.54 Å². The lowest BCUT2D eigenvalue weighted by Gasteiger charge is -2.12. The summed E-state index contributed by atoms with van der Waals surface area (Å²) in [7, 11) is 1.70. The van der Waals surface area contributed by atoms with Crippen molar-refractivity contribution in [2.45, 2.75) is 20.3 Å². The first-order valence-corrected chi connectivity index (χ1v) is 5.64. The van der Waals surface area contributed by atoms with Gasteiger partial charge in [0.05, 0.1) is 13.7 Å². The highest BCUT2D eigenvalue weighted by Gasteiger charge is 2.05. The van der Waals surface area contributed by atoms with Gasteiger partial charge in [-0.2, -0.15) is 0 Å². The Kier molecular flexibility index (Phi) is 5.29. The molecule has 90 valence electrons. The molecule has 0 heterocycles. The maximum atomic E-state index is 8.66. The summed E-state index contributed by atoms with van der Waals surface area (Å²) in [5.74, 6) is 0.953. The number of aliphatic hydroxyl groups is 1. The largest absolute Gasteiger partial charge is 0.496 e. The predicted molar refractivity (Wildman–Crippen MR) is 66.1 cm³/mol. The Labute approximate surface area is 97.4 Å². The summed E-state index contributed by atoms with van der Waals surface area (Å²) in [6.45, 7) is 5.89. The van der Waals surface area contributed by atoms with Gasteiger partial charge in [-0.1, -0.05) is 6.07 Å². The van der Waals surface area contributed by atoms with Crippen LogP contribution in [0.3, 0.4) is 0 Å². The molecule has 0 amide bonds. The summed E-state index contributed by atoms with van der Waals surface area (Å²) in [5, 5.41) is 11.8. The molecular weight excluding hydrogens is 202 g/mol. The Hall–Kier alpha value is -1.06. The van der Waals surface area contributed by atoms with E-state index in [2.05, 4.69) is 31.3 Å². The second-order valence-corrected chi connectivity index (χ2v) is 3.97. The van der Waals surface area contributed by atoms with E-state index in [1.54, 1.807) is 7.11 Å². The molecule has 1 aromatic rings. The molecular formula is C13H21NO2. The van der Waals surface area contributed by atoms with Crippen molar-refractivity contribution in [3.63, 3.8) is 0 Å². The molecule has 1 aromatic carbocycles. The number of hydrogen-bond acceptors (Lipinski definition) is 3. The highest BCUT2D eigenvalue weighted by Crippen LogP contribution is 2.23. The van der Waals surface area contributed by atoms with Crippen molar-refractivity contribution < 1.29 is 9.84 Å². The van der Waals surface area contributed by atoms with E-state index in [1.807, 2.05) is 0 Å². The lowest BCUT2D eigenvalue weighted by atomic mass is 10.0. The van der Waals surface area contributed by atoms with Crippen molar-refractivity contribution in [3.05, 3.63) is 28.8 Å². The van der Waals surface area contributed by atoms with Crippen molar-refractivity contribution in [1.29, 1.82) is 0 Å². The summed E-state index contributed by atoms with van der Waals surface area (Å²) < 4.78 is 5.36. The Balaban J connectivity index is 2.66. The molecule has 0 fully saturated rings. The first-order chi connectivity index (χ1) is 7.69. The molecule has 0 spiro atoms. The van der Waals surface area contributed by atoms with Crippen LogP contribution in [0.15, 0.2) is 12.1 Å². The van der Waals surface area contributed by atoms with Gasteiger partial charge in [-0.3, -0.25) is 0 Å². The number of methoxy groups -OCH3 is 1. The highest BCUT2D eigenvalue weighted by atomic mass is 16.5. The van der Waals surface area contributed by atoms with E-state index in [4.69, 9.17) is 9.84 Å². The number of hydrogen-bond donors (Lipinski definition) is 2. The summed E-state index contributed by atoms with van der Waals surface area (Å²) in [6, 6.07) is 4.26. The minimum Gasteiger partial charge on any atom is -0.496 e. The van der Waals surface area contributed by atoms with Crippen LogP contribution in [0.4, 0.5) is 0 Å². The number of benzene rings is 1. The van der Waals surface area contributed by atoms with Crippen LogP contribution in [-0.2, 0) is 6.42 Å². The molecule has 0 unspecified atom stereocenters. The van der Waals surface area contributed by atoms with Crippen molar-refractivity contribution in [2.24, 2.45) is 0 Å². The second kappa shape index (κ2) is 6.51. The molecule has 0 aliphatic rings. The normalized spacial score (nSPS) is 10.5. The van der Waals surface area contributed by atoms with E-state index in [-0.39, 0.29) is 6.61 Å². The van der Waals surface area contributed by atoms with Gasteiger partial charge in [0.2, 0.25) is 0 Å². The lowest BCUT2D eigenvalue weighted by Crippen LogP contribution is -2.21. The minimum atomic E-state index is 0.185. The van der Waals surface area contributed by atoms with Gasteiger partial charge < -0.3 is 15.2 Å². The topological polar surface area (TPSA) is 41.5 Å². The zero-order chi connectivity index (χ0) is 12.0. The fourth-order valence-corrected chi connectivity index (χ4v) is 1.66. The van der Waals surface area contributed by atoms with Crippen molar-refractivity contribution in [3.8, 4) is 5.75 Å². The van der Waals surface area contributed by atoms with E-state index in [1.165, 1.54) is 16.7 Å². The Morgan fingerprint density at radius 2 is 1.88 bits per heavy atom. The van der Waals surface area contributed by atoms with E-state index in [9.17, 15) is 0 Å². The zero-order valence-electron chi connectivity index (χ0n) is 10.3. The number of rotatable bonds is 6. The zero-order valence-corrected chi connectivity index (χ0v) is 10.3. The van der Waals surface area contributed by atoms with Crippen LogP contribution in [0, 0.1) is 13.8 Å². The van der Waals surface area contributed by atoms with Gasteiger partial charge in [0, 0.05) is 6.54 Å². The first-order valence-electron chi connectivity index (χ1n) is 5.64. The molecule has 3 nitrogen and oxygen atoms in total. The molecule has 0 aliphatic heterocycles. The molecule has 0 atom stereocenters. The van der Waals surface area contributed by atoms with Gasteiger partial charge in [-0.15, -0.1) is 0 Å². The molecule has 2 N–H and O–H groups in total. The van der Waals surface area contributed by atoms with Gasteiger partial charge in [-0.05, 0) is 49.6 Å². The number of ether oxygens (including phenoxy) is 1. The van der Waals surface area contributed by atoms with E-state index >= 15 is 0 Å². The monoisotopic (exact) mass is 223 g/mol. The molecule has 16 heavy (non-hydrogen) atoms. The van der Waals surface area contributed by atoms with Crippen molar-refractivity contribution >= 4 is 0 Å². The number of aryl methyl sites for hydroxylation is 2. The molecule has 0 saturated carbocycles. The van der Waals surface area contributed by atoms with Crippen LogP contribution in [0.25, 0.3) is 0 Å². The van der Waals surface area contributed by atoms with E-state index < -0.39 is 0 Å². The smallest absolute Gasteiger partial charge is 0.122 e. The lowest BCUT2D eigenvalue weighted by molar-refractivity contribution is 0.292. The quantitative estimate of drug-likeness (QED) is 0.717. The summed E-state index contributed by atoms with van der Waals surface area (Å²) in [4.78, 5) is 0. The van der Waals surface area contributed by atoms with Crippen molar-refractivity contribution in [1.82, 2.24) is 5.32 Å². The SMILES string of the molecule is COc1cc(C)c(C)cc1CCNCCO. The van der Waals surface area contributed by atoms with Crippen LogP contribution in [-0.4, -0.2) is 31.9 Å². The Morgan fingerprint density at radius 1 is 1.19 bits per heavy atom. The third-order valence-corrected chi connectivity index (χ3v) is 2.76. The van der Waals surface area contributed by atoms with Crippen LogP contribution >= 0.6 is 0 Å². The number of aliphatic hydroxyl groups excluding tert-OH is 1. The second-order valence-electron chi connectivity index (χ2n) is 3.97. The number of nitrogens with one attached hydrogen (secondary N) is 1. The van der Waals surface area contributed by atoms with Gasteiger partial charge >= 0.3 is 0 Å². The highest BCUT2D eigenvalue weighted by molar-refractivity contribution is 5.41. The molecule has 1 rings (SSSR count). The van der Waals surface area contributed by atoms with Gasteiger partial charge in [0.15, 0.2) is 0 Å². The average molecular weight is 223 g/mol. The molecule has 0 saturated heterocycles. The molecule has 3 heteroatoms. The average Bonchev–Trinajstić information content (AvgIpc) is 2.28. The maximum Gasteiger partial charge on any atom is 0.122 e. The summed E-state index contributed by atoms with van der Waals surface area (Å²) >= 11 is 0. The standard InChI is InChI=1S/C13H21NO2/c1-10-8-12(4-5-14-6-7-15)13(16-3)9-11(10)2/h8-9,14-15H,4-7H2,1-3H3. The molecule has 0 aliphatic carbocycles. The first kappa shape index (κ1) is 13.0. The third kappa shape index (κ3) is 3.51. The van der Waals surface area contributed by atoms with E-state index in [0.717, 1.165) is 18.7 Å². The molecule has 0 aromatic heterocycles. The fourth-order valence-electron chi connectivity index (χ4n) is 1.66. The predicted octanol–water partition coefficient (Wildman–Crippen LogP) is 1.44. The van der Waals surface area contributed by atoms with Crippen LogP contribution < -0.4 is 10.1 Å².